The molecule has 1 aromatic heterocycles. The predicted molar refractivity (Wildman–Crippen MR) is 133 cm³/mol. The molecule has 0 bridgehead atoms. The lowest BCUT2D eigenvalue weighted by molar-refractivity contribution is -0.116. The number of carbonyl (C=O) groups excluding carboxylic acids is 2. The lowest BCUT2D eigenvalue weighted by Gasteiger charge is -2.21. The lowest BCUT2D eigenvalue weighted by atomic mass is 9.92. The van der Waals surface area contributed by atoms with Gasteiger partial charge in [0.05, 0.1) is 11.4 Å². The van der Waals surface area contributed by atoms with Crippen LogP contribution in [-0.4, -0.2) is 39.7 Å². The van der Waals surface area contributed by atoms with Crippen molar-refractivity contribution in [3.8, 4) is 5.69 Å². The summed E-state index contributed by atoms with van der Waals surface area (Å²) >= 11 is 5.90. The van der Waals surface area contributed by atoms with Crippen LogP contribution in [0.15, 0.2) is 54.6 Å². The minimum atomic E-state index is -0.363. The van der Waals surface area contributed by atoms with Gasteiger partial charge in [-0.05, 0) is 55.8 Å². The predicted octanol–water partition coefficient (Wildman–Crippen LogP) is 5.62. The van der Waals surface area contributed by atoms with Crippen LogP contribution in [0.1, 0.15) is 39.0 Å². The molecule has 7 nitrogen and oxygen atoms in total. The van der Waals surface area contributed by atoms with Gasteiger partial charge in [0.1, 0.15) is 12.4 Å². The van der Waals surface area contributed by atoms with Crippen molar-refractivity contribution in [2.45, 2.75) is 40.0 Å². The van der Waals surface area contributed by atoms with Crippen molar-refractivity contribution in [3.63, 3.8) is 0 Å². The third kappa shape index (κ3) is 6.35. The fraction of sp³-hybridized carbons (Fsp3) is 0.320. The van der Waals surface area contributed by atoms with Gasteiger partial charge in [0.15, 0.2) is 0 Å². The second kappa shape index (κ2) is 10.1. The van der Waals surface area contributed by atoms with Gasteiger partial charge in [-0.2, -0.15) is 5.10 Å². The van der Waals surface area contributed by atoms with Crippen LogP contribution < -0.4 is 10.6 Å². The van der Waals surface area contributed by atoms with E-state index in [2.05, 4.69) is 31.4 Å². The van der Waals surface area contributed by atoms with Gasteiger partial charge >= 0.3 is 6.03 Å². The third-order valence-corrected chi connectivity index (χ3v) is 5.34. The van der Waals surface area contributed by atoms with E-state index in [4.69, 9.17) is 16.7 Å². The number of urea groups is 1. The second-order valence-corrected chi connectivity index (χ2v) is 9.35. The van der Waals surface area contributed by atoms with Crippen molar-refractivity contribution in [1.82, 2.24) is 14.7 Å². The smallest absolute Gasteiger partial charge is 0.315 e. The molecule has 0 fully saturated rings. The highest BCUT2D eigenvalue weighted by atomic mass is 35.5. The van der Waals surface area contributed by atoms with Crippen LogP contribution in [0, 0.1) is 6.92 Å². The first-order chi connectivity index (χ1) is 15.6. The minimum Gasteiger partial charge on any atom is -0.315 e. The molecule has 1 heterocycles. The van der Waals surface area contributed by atoms with Crippen molar-refractivity contribution in [1.29, 1.82) is 0 Å². The number of aryl methyl sites for hydroxylation is 1. The fourth-order valence-corrected chi connectivity index (χ4v) is 3.34. The van der Waals surface area contributed by atoms with Crippen LogP contribution in [0.3, 0.4) is 0 Å². The maximum Gasteiger partial charge on any atom is 0.322 e. The van der Waals surface area contributed by atoms with E-state index in [0.717, 1.165) is 16.9 Å². The van der Waals surface area contributed by atoms with Gasteiger partial charge in [-0.25, -0.2) is 9.48 Å². The molecular weight excluding hydrogens is 438 g/mol. The van der Waals surface area contributed by atoms with Crippen LogP contribution in [0.4, 0.5) is 16.3 Å². The van der Waals surface area contributed by atoms with Crippen molar-refractivity contribution >= 4 is 35.0 Å². The highest BCUT2D eigenvalue weighted by Crippen LogP contribution is 2.26. The van der Waals surface area contributed by atoms with E-state index in [-0.39, 0.29) is 23.9 Å². The summed E-state index contributed by atoms with van der Waals surface area (Å²) in [6, 6.07) is 16.2. The van der Waals surface area contributed by atoms with Crippen LogP contribution in [0.25, 0.3) is 5.69 Å². The lowest BCUT2D eigenvalue weighted by Crippen LogP contribution is -2.40. The van der Waals surface area contributed by atoms with Gasteiger partial charge < -0.3 is 15.5 Å². The Labute approximate surface area is 199 Å². The zero-order valence-electron chi connectivity index (χ0n) is 19.6. The molecule has 0 saturated carbocycles. The summed E-state index contributed by atoms with van der Waals surface area (Å²) in [5.74, 6) is 0.252. The highest BCUT2D eigenvalue weighted by molar-refractivity contribution is 6.30. The number of hydrogen-bond acceptors (Lipinski definition) is 3. The Morgan fingerprint density at radius 2 is 1.76 bits per heavy atom. The van der Waals surface area contributed by atoms with Crippen LogP contribution in [0.5, 0.6) is 0 Å². The Kier molecular flexibility index (Phi) is 7.43. The second-order valence-electron chi connectivity index (χ2n) is 8.92. The number of halogens is 1. The van der Waals surface area contributed by atoms with Crippen LogP contribution >= 0.6 is 11.6 Å². The molecule has 0 aliphatic carbocycles. The number of benzene rings is 2. The van der Waals surface area contributed by atoms with E-state index in [1.54, 1.807) is 28.9 Å². The summed E-state index contributed by atoms with van der Waals surface area (Å²) in [7, 11) is 0. The SMILES string of the molecule is CCN(CC(=O)Nc1cc(C(C)(C)C)nn1-c1cccc(C)c1)C(=O)Nc1ccc(Cl)cc1. The first-order valence-electron chi connectivity index (χ1n) is 10.9. The molecule has 0 aliphatic rings. The number of nitrogens with one attached hydrogen (secondary N) is 2. The van der Waals surface area contributed by atoms with Gasteiger partial charge in [0, 0.05) is 28.7 Å². The Morgan fingerprint density at radius 1 is 1.06 bits per heavy atom. The molecular formula is C25H30ClN5O2. The Balaban J connectivity index is 1.77. The monoisotopic (exact) mass is 467 g/mol. The van der Waals surface area contributed by atoms with E-state index >= 15 is 0 Å². The van der Waals surface area contributed by atoms with Crippen molar-refractivity contribution in [2.24, 2.45) is 0 Å². The molecule has 0 saturated heterocycles. The van der Waals surface area contributed by atoms with Crippen molar-refractivity contribution < 1.29 is 9.59 Å². The summed E-state index contributed by atoms with van der Waals surface area (Å²) in [6.45, 7) is 10.3. The standard InChI is InChI=1S/C25H30ClN5O2/c1-6-30(24(33)27-19-12-10-18(26)11-13-19)16-23(32)28-22-15-21(25(3,4)5)29-31(22)20-9-7-8-17(2)14-20/h7-15H,6,16H2,1-5H3,(H,27,33)(H,28,32). The van der Waals surface area contributed by atoms with Gasteiger partial charge in [-0.15, -0.1) is 0 Å². The first-order valence-corrected chi connectivity index (χ1v) is 11.2. The number of carbonyl (C=O) groups is 2. The Bertz CT molecular complexity index is 1130. The average molecular weight is 468 g/mol. The Hall–Kier alpha value is -3.32. The normalized spacial score (nSPS) is 11.2. The third-order valence-electron chi connectivity index (χ3n) is 5.09. The number of hydrogen-bond donors (Lipinski definition) is 2. The maximum absolute atomic E-state index is 12.9. The molecule has 0 aliphatic heterocycles. The molecule has 3 rings (SSSR count). The highest BCUT2D eigenvalue weighted by Gasteiger charge is 2.23. The number of aromatic nitrogens is 2. The molecule has 0 unspecified atom stereocenters. The van der Waals surface area contributed by atoms with Crippen LogP contribution in [0.2, 0.25) is 5.02 Å². The van der Waals surface area contributed by atoms with Gasteiger partial charge in [0.25, 0.3) is 0 Å². The summed E-state index contributed by atoms with van der Waals surface area (Å²) < 4.78 is 1.73. The number of amides is 3. The molecule has 0 radical (unpaired) electrons. The molecule has 3 amide bonds. The van der Waals surface area contributed by atoms with E-state index in [0.29, 0.717) is 23.1 Å². The Morgan fingerprint density at radius 3 is 2.36 bits per heavy atom. The quantitative estimate of drug-likeness (QED) is 0.493. The van der Waals surface area contributed by atoms with Gasteiger partial charge in [0.2, 0.25) is 5.91 Å². The molecule has 8 heteroatoms. The fourth-order valence-electron chi connectivity index (χ4n) is 3.21. The zero-order chi connectivity index (χ0) is 24.2. The maximum atomic E-state index is 12.9. The summed E-state index contributed by atoms with van der Waals surface area (Å²) in [6.07, 6.45) is 0. The number of likely N-dealkylation sites (N-methyl/N-ethyl adjacent to an activating group) is 1. The molecule has 3 aromatic rings. The van der Waals surface area contributed by atoms with Crippen molar-refractivity contribution in [3.05, 3.63) is 70.9 Å². The number of anilines is 2. The largest absolute Gasteiger partial charge is 0.322 e. The topological polar surface area (TPSA) is 79.3 Å². The molecule has 2 N–H and O–H groups in total. The van der Waals surface area contributed by atoms with Crippen molar-refractivity contribution in [2.75, 3.05) is 23.7 Å². The minimum absolute atomic E-state index is 0.0974. The molecule has 174 valence electrons. The molecule has 0 atom stereocenters. The van der Waals surface area contributed by atoms with E-state index in [1.807, 2.05) is 44.2 Å². The summed E-state index contributed by atoms with van der Waals surface area (Å²) in [5.41, 5.74) is 3.22. The van der Waals surface area contributed by atoms with Crippen LogP contribution in [-0.2, 0) is 10.2 Å². The first kappa shape index (κ1) is 24.3. The summed E-state index contributed by atoms with van der Waals surface area (Å²) in [4.78, 5) is 27.0. The number of rotatable bonds is 6. The van der Waals surface area contributed by atoms with E-state index in [9.17, 15) is 9.59 Å². The van der Waals surface area contributed by atoms with Gasteiger partial charge in [-0.3, -0.25) is 4.79 Å². The van der Waals surface area contributed by atoms with E-state index < -0.39 is 0 Å². The number of nitrogens with zero attached hydrogens (tertiary/aromatic N) is 3. The average Bonchev–Trinajstić information content (AvgIpc) is 3.18. The zero-order valence-corrected chi connectivity index (χ0v) is 20.4. The summed E-state index contributed by atoms with van der Waals surface area (Å²) in [5, 5.41) is 11.0. The molecule has 33 heavy (non-hydrogen) atoms. The van der Waals surface area contributed by atoms with E-state index in [1.165, 1.54) is 4.90 Å². The van der Waals surface area contributed by atoms with Gasteiger partial charge in [-0.1, -0.05) is 44.5 Å². The molecule has 2 aromatic carbocycles. The molecule has 0 spiro atoms.